The van der Waals surface area contributed by atoms with E-state index in [1.165, 1.54) is 5.56 Å². The zero-order valence-corrected chi connectivity index (χ0v) is 12.2. The van der Waals surface area contributed by atoms with Crippen molar-refractivity contribution in [2.75, 3.05) is 20.2 Å². The summed E-state index contributed by atoms with van der Waals surface area (Å²) in [5.41, 5.74) is 8.59. The van der Waals surface area contributed by atoms with Crippen molar-refractivity contribution in [1.82, 2.24) is 5.32 Å². The lowest BCUT2D eigenvalue weighted by atomic mass is 9.84. The van der Waals surface area contributed by atoms with Gasteiger partial charge in [0.1, 0.15) is 5.75 Å². The van der Waals surface area contributed by atoms with Gasteiger partial charge in [0.15, 0.2) is 0 Å². The molecule has 3 heteroatoms. The first-order chi connectivity index (χ1) is 8.40. The van der Waals surface area contributed by atoms with Crippen LogP contribution in [0.25, 0.3) is 0 Å². The summed E-state index contributed by atoms with van der Waals surface area (Å²) in [5, 5.41) is 3.28. The van der Waals surface area contributed by atoms with Gasteiger partial charge in [-0.05, 0) is 35.2 Å². The maximum Gasteiger partial charge on any atom is 0.122 e. The Balaban J connectivity index is 3.03. The molecule has 0 bridgehead atoms. The van der Waals surface area contributed by atoms with Crippen molar-refractivity contribution >= 4 is 0 Å². The fourth-order valence-corrected chi connectivity index (χ4v) is 1.96. The summed E-state index contributed by atoms with van der Waals surface area (Å²) >= 11 is 0. The van der Waals surface area contributed by atoms with Crippen molar-refractivity contribution in [1.29, 1.82) is 0 Å². The van der Waals surface area contributed by atoms with Gasteiger partial charge in [-0.1, -0.05) is 33.8 Å². The fourth-order valence-electron chi connectivity index (χ4n) is 1.96. The van der Waals surface area contributed by atoms with Gasteiger partial charge in [0.2, 0.25) is 0 Å². The third kappa shape index (κ3) is 3.72. The first-order valence-corrected chi connectivity index (χ1v) is 6.54. The molecule has 3 nitrogen and oxygen atoms in total. The lowest BCUT2D eigenvalue weighted by molar-refractivity contribution is 0.397. The number of nitrogens with one attached hydrogen (secondary N) is 1. The number of likely N-dealkylation sites (N-methyl/N-ethyl adjacent to an activating group) is 1. The van der Waals surface area contributed by atoms with Crippen LogP contribution in [0.2, 0.25) is 0 Å². The summed E-state index contributed by atoms with van der Waals surface area (Å²) < 4.78 is 5.43. The molecule has 0 heterocycles. The Morgan fingerprint density at radius 3 is 2.50 bits per heavy atom. The highest BCUT2D eigenvalue weighted by atomic mass is 16.5. The van der Waals surface area contributed by atoms with E-state index in [2.05, 4.69) is 45.1 Å². The van der Waals surface area contributed by atoms with Crippen molar-refractivity contribution in [2.24, 2.45) is 5.73 Å². The molecule has 102 valence electrons. The molecule has 0 saturated carbocycles. The molecule has 1 atom stereocenters. The standard InChI is InChI=1S/C15H26N2O/c1-6-17-10-13(16)11-7-8-14(18-5)12(9-11)15(2,3)4/h7-9,13,17H,6,10,16H2,1-5H3. The van der Waals surface area contributed by atoms with Crippen LogP contribution in [0.3, 0.4) is 0 Å². The molecule has 0 aliphatic rings. The average Bonchev–Trinajstić information content (AvgIpc) is 2.34. The molecule has 0 aliphatic carbocycles. The van der Waals surface area contributed by atoms with Crippen LogP contribution in [0.1, 0.15) is 44.9 Å². The molecule has 0 fully saturated rings. The van der Waals surface area contributed by atoms with Gasteiger partial charge in [0.25, 0.3) is 0 Å². The van der Waals surface area contributed by atoms with E-state index in [4.69, 9.17) is 10.5 Å². The van der Waals surface area contributed by atoms with Crippen LogP contribution in [0.5, 0.6) is 5.75 Å². The third-order valence-corrected chi connectivity index (χ3v) is 3.07. The van der Waals surface area contributed by atoms with Gasteiger partial charge in [0, 0.05) is 12.6 Å². The number of benzene rings is 1. The quantitative estimate of drug-likeness (QED) is 0.844. The van der Waals surface area contributed by atoms with Crippen molar-refractivity contribution in [2.45, 2.75) is 39.2 Å². The van der Waals surface area contributed by atoms with Gasteiger partial charge in [0.05, 0.1) is 7.11 Å². The molecule has 1 unspecified atom stereocenters. The number of ether oxygens (including phenoxy) is 1. The van der Waals surface area contributed by atoms with Crippen LogP contribution in [0, 0.1) is 0 Å². The van der Waals surface area contributed by atoms with Gasteiger partial charge in [-0.2, -0.15) is 0 Å². The number of rotatable bonds is 5. The largest absolute Gasteiger partial charge is 0.496 e. The van der Waals surface area contributed by atoms with Gasteiger partial charge in [-0.15, -0.1) is 0 Å². The summed E-state index contributed by atoms with van der Waals surface area (Å²) in [6, 6.07) is 6.26. The van der Waals surface area contributed by atoms with E-state index in [1.54, 1.807) is 7.11 Å². The van der Waals surface area contributed by atoms with E-state index in [-0.39, 0.29) is 11.5 Å². The zero-order valence-electron chi connectivity index (χ0n) is 12.2. The Labute approximate surface area is 111 Å². The normalized spacial score (nSPS) is 13.4. The van der Waals surface area contributed by atoms with E-state index < -0.39 is 0 Å². The van der Waals surface area contributed by atoms with Crippen LogP contribution >= 0.6 is 0 Å². The summed E-state index contributed by atoms with van der Waals surface area (Å²) in [6.07, 6.45) is 0. The minimum Gasteiger partial charge on any atom is -0.496 e. The molecule has 18 heavy (non-hydrogen) atoms. The SMILES string of the molecule is CCNCC(N)c1ccc(OC)c(C(C)(C)C)c1. The van der Waals surface area contributed by atoms with E-state index in [1.807, 2.05) is 6.07 Å². The van der Waals surface area contributed by atoms with E-state index in [0.717, 1.165) is 24.4 Å². The van der Waals surface area contributed by atoms with Crippen LogP contribution in [-0.2, 0) is 5.41 Å². The molecule has 0 radical (unpaired) electrons. The zero-order chi connectivity index (χ0) is 13.8. The molecule has 1 rings (SSSR count). The molecule has 1 aromatic carbocycles. The van der Waals surface area contributed by atoms with Gasteiger partial charge >= 0.3 is 0 Å². The Kier molecular flexibility index (Phi) is 5.17. The highest BCUT2D eigenvalue weighted by molar-refractivity contribution is 5.42. The molecule has 0 aliphatic heterocycles. The minimum absolute atomic E-state index is 0.0250. The second kappa shape index (κ2) is 6.21. The maximum atomic E-state index is 6.18. The maximum absolute atomic E-state index is 6.18. The fraction of sp³-hybridized carbons (Fsp3) is 0.600. The van der Waals surface area contributed by atoms with Gasteiger partial charge in [-0.3, -0.25) is 0 Å². The van der Waals surface area contributed by atoms with Crippen LogP contribution in [0.4, 0.5) is 0 Å². The molecule has 0 amide bonds. The predicted octanol–water partition coefficient (Wildman–Crippen LogP) is 2.60. The molecule has 0 saturated heterocycles. The Morgan fingerprint density at radius 2 is 2.00 bits per heavy atom. The summed E-state index contributed by atoms with van der Waals surface area (Å²) in [6.45, 7) is 10.4. The van der Waals surface area contributed by atoms with Crippen molar-refractivity contribution in [3.8, 4) is 5.75 Å². The number of hydrogen-bond acceptors (Lipinski definition) is 3. The summed E-state index contributed by atoms with van der Waals surface area (Å²) in [4.78, 5) is 0. The summed E-state index contributed by atoms with van der Waals surface area (Å²) in [7, 11) is 1.71. The van der Waals surface area contributed by atoms with Crippen molar-refractivity contribution in [3.63, 3.8) is 0 Å². The monoisotopic (exact) mass is 250 g/mol. The predicted molar refractivity (Wildman–Crippen MR) is 77.2 cm³/mol. The van der Waals surface area contributed by atoms with Gasteiger partial charge in [-0.25, -0.2) is 0 Å². The highest BCUT2D eigenvalue weighted by Gasteiger charge is 2.20. The number of methoxy groups -OCH3 is 1. The lowest BCUT2D eigenvalue weighted by Gasteiger charge is -2.24. The smallest absolute Gasteiger partial charge is 0.122 e. The molecular weight excluding hydrogens is 224 g/mol. The van der Waals surface area contributed by atoms with Crippen molar-refractivity contribution < 1.29 is 4.74 Å². The molecule has 0 aromatic heterocycles. The van der Waals surface area contributed by atoms with Gasteiger partial charge < -0.3 is 15.8 Å². The van der Waals surface area contributed by atoms with E-state index in [0.29, 0.717) is 0 Å². The Bertz CT molecular complexity index is 383. The Morgan fingerprint density at radius 1 is 1.33 bits per heavy atom. The average molecular weight is 250 g/mol. The second-order valence-electron chi connectivity index (χ2n) is 5.62. The molecular formula is C15H26N2O. The topological polar surface area (TPSA) is 47.3 Å². The van der Waals surface area contributed by atoms with Crippen LogP contribution in [-0.4, -0.2) is 20.2 Å². The molecule has 1 aromatic rings. The van der Waals surface area contributed by atoms with E-state index >= 15 is 0 Å². The molecule has 3 N–H and O–H groups in total. The van der Waals surface area contributed by atoms with Crippen LogP contribution < -0.4 is 15.8 Å². The lowest BCUT2D eigenvalue weighted by Crippen LogP contribution is -2.27. The second-order valence-corrected chi connectivity index (χ2v) is 5.62. The van der Waals surface area contributed by atoms with Crippen molar-refractivity contribution in [3.05, 3.63) is 29.3 Å². The summed E-state index contributed by atoms with van der Waals surface area (Å²) in [5.74, 6) is 0.932. The number of nitrogens with two attached hydrogens (primary N) is 1. The first kappa shape index (κ1) is 15.0. The van der Waals surface area contributed by atoms with Crippen LogP contribution in [0.15, 0.2) is 18.2 Å². The van der Waals surface area contributed by atoms with E-state index in [9.17, 15) is 0 Å². The number of hydrogen-bond donors (Lipinski definition) is 2. The minimum atomic E-state index is 0.0250. The highest BCUT2D eigenvalue weighted by Crippen LogP contribution is 2.32. The first-order valence-electron chi connectivity index (χ1n) is 6.54. The molecule has 0 spiro atoms. The third-order valence-electron chi connectivity index (χ3n) is 3.07. The Hall–Kier alpha value is -1.06.